The number of aromatic nitrogens is 1. The van der Waals surface area contributed by atoms with Gasteiger partial charge in [-0.3, -0.25) is 9.59 Å². The number of carbonyl (C=O) groups is 2. The smallest absolute Gasteiger partial charge is 0.308 e. The topological polar surface area (TPSA) is 70.5 Å². The van der Waals surface area contributed by atoms with Gasteiger partial charge >= 0.3 is 5.97 Å². The molecule has 0 radical (unpaired) electrons. The summed E-state index contributed by atoms with van der Waals surface area (Å²) < 4.78 is 0.770. The Morgan fingerprint density at radius 2 is 2.35 bits per heavy atom. The highest BCUT2D eigenvalue weighted by Crippen LogP contribution is 2.30. The summed E-state index contributed by atoms with van der Waals surface area (Å²) in [4.78, 5) is 28.0. The molecule has 90 valence electrons. The van der Waals surface area contributed by atoms with Crippen LogP contribution in [0.25, 0.3) is 0 Å². The molecule has 1 aliphatic heterocycles. The van der Waals surface area contributed by atoms with E-state index in [-0.39, 0.29) is 24.0 Å². The fraction of sp³-hybridized carbons (Fsp3) is 0.300. The van der Waals surface area contributed by atoms with Crippen molar-refractivity contribution < 1.29 is 14.7 Å². The van der Waals surface area contributed by atoms with Gasteiger partial charge in [0.1, 0.15) is 5.15 Å². The van der Waals surface area contributed by atoms with Gasteiger partial charge in [0.05, 0.1) is 15.2 Å². The third-order valence-electron chi connectivity index (χ3n) is 2.57. The van der Waals surface area contributed by atoms with Crippen molar-refractivity contribution in [1.29, 1.82) is 0 Å². The highest BCUT2D eigenvalue weighted by molar-refractivity contribution is 14.1. The molecule has 0 aromatic carbocycles. The summed E-state index contributed by atoms with van der Waals surface area (Å²) in [5.74, 6) is -1.79. The number of carboxylic acids is 1. The first kappa shape index (κ1) is 12.6. The average molecular weight is 367 g/mol. The minimum absolute atomic E-state index is 0.0331. The van der Waals surface area contributed by atoms with E-state index in [9.17, 15) is 9.59 Å². The van der Waals surface area contributed by atoms with Gasteiger partial charge in [-0.2, -0.15) is 0 Å². The first-order valence-corrected chi connectivity index (χ1v) is 6.29. The molecule has 1 aromatic heterocycles. The van der Waals surface area contributed by atoms with Crippen LogP contribution in [0, 0.1) is 9.49 Å². The summed E-state index contributed by atoms with van der Waals surface area (Å²) in [6, 6.07) is 1.57. The van der Waals surface area contributed by atoms with Crippen molar-refractivity contribution in [3.63, 3.8) is 0 Å². The Labute approximate surface area is 116 Å². The maximum Gasteiger partial charge on any atom is 0.308 e. The molecule has 0 bridgehead atoms. The van der Waals surface area contributed by atoms with Crippen LogP contribution in [0.1, 0.15) is 6.42 Å². The maximum atomic E-state index is 11.7. The number of halogens is 2. The molecule has 1 amide bonds. The molecule has 1 unspecified atom stereocenters. The number of anilines is 1. The minimum atomic E-state index is -0.948. The fourth-order valence-electron chi connectivity index (χ4n) is 1.72. The molecule has 2 heterocycles. The quantitative estimate of drug-likeness (QED) is 0.640. The lowest BCUT2D eigenvalue weighted by Crippen LogP contribution is -2.26. The molecule has 1 fully saturated rings. The number of nitrogens with zero attached hydrogens (tertiary/aromatic N) is 2. The SMILES string of the molecule is O=C(O)C1CC(=O)N(c2cc(Cl)ncc2I)C1. The van der Waals surface area contributed by atoms with E-state index in [0.717, 1.165) is 3.57 Å². The van der Waals surface area contributed by atoms with E-state index in [2.05, 4.69) is 4.98 Å². The van der Waals surface area contributed by atoms with Crippen molar-refractivity contribution in [1.82, 2.24) is 4.98 Å². The number of carboxylic acid groups (broad SMARTS) is 1. The van der Waals surface area contributed by atoms with E-state index >= 15 is 0 Å². The summed E-state index contributed by atoms with van der Waals surface area (Å²) in [5, 5.41) is 9.18. The van der Waals surface area contributed by atoms with Gasteiger partial charge in [0, 0.05) is 25.2 Å². The van der Waals surface area contributed by atoms with Crippen molar-refractivity contribution in [3.8, 4) is 0 Å². The van der Waals surface area contributed by atoms with E-state index < -0.39 is 11.9 Å². The summed E-state index contributed by atoms with van der Waals surface area (Å²) in [5.41, 5.74) is 0.624. The molecule has 17 heavy (non-hydrogen) atoms. The number of pyridine rings is 1. The molecule has 0 spiro atoms. The molecule has 5 nitrogen and oxygen atoms in total. The second-order valence-corrected chi connectivity index (χ2v) is 5.25. The monoisotopic (exact) mass is 366 g/mol. The molecule has 1 saturated heterocycles. The molecule has 7 heteroatoms. The minimum Gasteiger partial charge on any atom is -0.481 e. The highest BCUT2D eigenvalue weighted by atomic mass is 127. The summed E-state index contributed by atoms with van der Waals surface area (Å²) in [7, 11) is 0. The van der Waals surface area contributed by atoms with Crippen molar-refractivity contribution in [2.45, 2.75) is 6.42 Å². The van der Waals surface area contributed by atoms with Crippen LogP contribution in [0.4, 0.5) is 5.69 Å². The summed E-state index contributed by atoms with van der Waals surface area (Å²) in [6.07, 6.45) is 1.59. The number of carbonyl (C=O) groups excluding carboxylic acids is 1. The van der Waals surface area contributed by atoms with Crippen molar-refractivity contribution in [3.05, 3.63) is 21.0 Å². The predicted octanol–water partition coefficient (Wildman–Crippen LogP) is 1.78. The number of amides is 1. The van der Waals surface area contributed by atoms with E-state index in [4.69, 9.17) is 16.7 Å². The molecular formula is C10H8ClIN2O3. The number of hydrogen-bond acceptors (Lipinski definition) is 3. The van der Waals surface area contributed by atoms with Crippen LogP contribution < -0.4 is 4.90 Å². The molecule has 2 rings (SSSR count). The van der Waals surface area contributed by atoms with Gasteiger partial charge in [0.25, 0.3) is 0 Å². The first-order chi connectivity index (χ1) is 7.99. The van der Waals surface area contributed by atoms with E-state index in [0.29, 0.717) is 5.69 Å². The van der Waals surface area contributed by atoms with Crippen LogP contribution in [-0.4, -0.2) is 28.5 Å². The van der Waals surface area contributed by atoms with Crippen molar-refractivity contribution in [2.24, 2.45) is 5.92 Å². The average Bonchev–Trinajstić information content (AvgIpc) is 2.64. The molecular weight excluding hydrogens is 358 g/mol. The Balaban J connectivity index is 2.32. The van der Waals surface area contributed by atoms with E-state index in [1.54, 1.807) is 12.3 Å². The highest BCUT2D eigenvalue weighted by Gasteiger charge is 2.35. The molecule has 0 aliphatic carbocycles. The largest absolute Gasteiger partial charge is 0.481 e. The van der Waals surface area contributed by atoms with Crippen LogP contribution in [0.2, 0.25) is 5.15 Å². The molecule has 0 saturated carbocycles. The lowest BCUT2D eigenvalue weighted by Gasteiger charge is -2.17. The number of rotatable bonds is 2. The zero-order chi connectivity index (χ0) is 12.6. The lowest BCUT2D eigenvalue weighted by atomic mass is 10.1. The van der Waals surface area contributed by atoms with E-state index in [1.807, 2.05) is 22.6 Å². The second-order valence-electron chi connectivity index (χ2n) is 3.70. The third-order valence-corrected chi connectivity index (χ3v) is 3.60. The van der Waals surface area contributed by atoms with Crippen LogP contribution >= 0.6 is 34.2 Å². The Hall–Kier alpha value is -0.890. The van der Waals surface area contributed by atoms with Crippen molar-refractivity contribution in [2.75, 3.05) is 11.4 Å². The van der Waals surface area contributed by atoms with Gasteiger partial charge < -0.3 is 10.0 Å². The van der Waals surface area contributed by atoms with Crippen LogP contribution in [-0.2, 0) is 9.59 Å². The zero-order valence-electron chi connectivity index (χ0n) is 8.56. The van der Waals surface area contributed by atoms with Gasteiger partial charge in [-0.1, -0.05) is 11.6 Å². The number of aliphatic carboxylic acids is 1. The maximum absolute atomic E-state index is 11.7. The van der Waals surface area contributed by atoms with Crippen LogP contribution in [0.15, 0.2) is 12.3 Å². The standard InChI is InChI=1S/C10H8ClIN2O3/c11-8-2-7(6(12)3-13-8)14-4-5(10(16)17)1-9(14)15/h2-3,5H,1,4H2,(H,16,17). The van der Waals surface area contributed by atoms with Crippen LogP contribution in [0.3, 0.4) is 0 Å². The van der Waals surface area contributed by atoms with Gasteiger partial charge in [-0.15, -0.1) is 0 Å². The molecule has 1 aliphatic rings. The fourth-order valence-corrected chi connectivity index (χ4v) is 2.45. The first-order valence-electron chi connectivity index (χ1n) is 4.83. The Morgan fingerprint density at radius 1 is 1.65 bits per heavy atom. The Morgan fingerprint density at radius 3 is 2.94 bits per heavy atom. The molecule has 1 atom stereocenters. The van der Waals surface area contributed by atoms with Gasteiger partial charge in [-0.25, -0.2) is 4.98 Å². The zero-order valence-corrected chi connectivity index (χ0v) is 11.5. The normalized spacial score (nSPS) is 19.8. The van der Waals surface area contributed by atoms with Gasteiger partial charge in [0.2, 0.25) is 5.91 Å². The van der Waals surface area contributed by atoms with Crippen molar-refractivity contribution >= 4 is 51.8 Å². The lowest BCUT2D eigenvalue weighted by molar-refractivity contribution is -0.141. The third kappa shape index (κ3) is 2.52. The predicted molar refractivity (Wildman–Crippen MR) is 70.1 cm³/mol. The van der Waals surface area contributed by atoms with Gasteiger partial charge in [0.15, 0.2) is 0 Å². The second kappa shape index (κ2) is 4.77. The van der Waals surface area contributed by atoms with Gasteiger partial charge in [-0.05, 0) is 22.6 Å². The summed E-state index contributed by atoms with van der Waals surface area (Å²) in [6.45, 7) is 0.185. The number of hydrogen-bond donors (Lipinski definition) is 1. The Kier molecular flexibility index (Phi) is 3.53. The van der Waals surface area contributed by atoms with Crippen LogP contribution in [0.5, 0.6) is 0 Å². The summed E-state index contributed by atoms with van der Waals surface area (Å²) >= 11 is 7.81. The molecule has 1 N–H and O–H groups in total. The Bertz CT molecular complexity index is 494. The van der Waals surface area contributed by atoms with E-state index in [1.165, 1.54) is 4.90 Å². The molecule has 1 aromatic rings.